The molecule has 14 heavy (non-hydrogen) atoms. The first-order chi connectivity index (χ1) is 6.49. The van der Waals surface area contributed by atoms with E-state index in [-0.39, 0.29) is 0 Å². The maximum atomic E-state index is 11.8. The molecule has 0 saturated heterocycles. The van der Waals surface area contributed by atoms with E-state index in [4.69, 9.17) is 0 Å². The van der Waals surface area contributed by atoms with Crippen molar-refractivity contribution in [1.82, 2.24) is 0 Å². The molecule has 0 fully saturated rings. The summed E-state index contributed by atoms with van der Waals surface area (Å²) in [6.07, 6.45) is -5.25. The Morgan fingerprint density at radius 1 is 1.21 bits per heavy atom. The molecule has 0 N–H and O–H groups in total. The minimum atomic E-state index is -4.20. The van der Waals surface area contributed by atoms with Gasteiger partial charge in [0, 0.05) is 5.56 Å². The summed E-state index contributed by atoms with van der Waals surface area (Å²) in [7, 11) is 0. The minimum Gasteiger partial charge on any atom is -0.170 e. The molecular formula is C11H9F3. The van der Waals surface area contributed by atoms with Crippen molar-refractivity contribution in [2.45, 2.75) is 19.5 Å². The van der Waals surface area contributed by atoms with E-state index in [1.54, 1.807) is 12.1 Å². The molecule has 74 valence electrons. The number of hydrogen-bond donors (Lipinski definition) is 0. The Balaban J connectivity index is 2.74. The maximum Gasteiger partial charge on any atom is 0.399 e. The van der Waals surface area contributed by atoms with Gasteiger partial charge in [0.25, 0.3) is 0 Å². The van der Waals surface area contributed by atoms with Gasteiger partial charge in [0.05, 0.1) is 0 Å². The number of rotatable bonds is 0. The van der Waals surface area contributed by atoms with E-state index in [9.17, 15) is 13.2 Å². The fourth-order valence-electron chi connectivity index (χ4n) is 0.953. The number of aryl methyl sites for hydroxylation is 1. The number of alkyl halides is 3. The van der Waals surface area contributed by atoms with Crippen molar-refractivity contribution in [2.24, 2.45) is 0 Å². The van der Waals surface area contributed by atoms with Gasteiger partial charge in [0.2, 0.25) is 0 Å². The van der Waals surface area contributed by atoms with Crippen LogP contribution in [0.25, 0.3) is 0 Å². The Hall–Kier alpha value is -1.43. The predicted octanol–water partition coefficient (Wildman–Crippen LogP) is 3.30. The Kier molecular flexibility index (Phi) is 3.19. The smallest absolute Gasteiger partial charge is 0.170 e. The highest BCUT2D eigenvalue weighted by Crippen LogP contribution is 2.18. The second-order valence-corrected chi connectivity index (χ2v) is 2.91. The molecule has 0 heterocycles. The molecule has 0 amide bonds. The molecule has 0 aliphatic rings. The normalized spacial score (nSPS) is 10.6. The summed E-state index contributed by atoms with van der Waals surface area (Å²) in [5.74, 6) is 4.61. The lowest BCUT2D eigenvalue weighted by Crippen LogP contribution is -2.04. The van der Waals surface area contributed by atoms with Crippen LogP contribution in [-0.2, 0) is 0 Å². The molecule has 0 spiro atoms. The predicted molar refractivity (Wildman–Crippen MR) is 48.7 cm³/mol. The minimum absolute atomic E-state index is 0.650. The van der Waals surface area contributed by atoms with E-state index < -0.39 is 12.6 Å². The third-order valence-electron chi connectivity index (χ3n) is 1.66. The fraction of sp³-hybridized carbons (Fsp3) is 0.273. The zero-order valence-electron chi connectivity index (χ0n) is 7.65. The van der Waals surface area contributed by atoms with Crippen LogP contribution in [0, 0.1) is 18.8 Å². The molecule has 0 radical (unpaired) electrons. The van der Waals surface area contributed by atoms with Crippen molar-refractivity contribution >= 4 is 0 Å². The van der Waals surface area contributed by atoms with Crippen LogP contribution in [0.1, 0.15) is 17.5 Å². The van der Waals surface area contributed by atoms with Crippen LogP contribution in [0.4, 0.5) is 13.2 Å². The van der Waals surface area contributed by atoms with E-state index in [1.165, 1.54) is 0 Å². The Morgan fingerprint density at radius 3 is 2.43 bits per heavy atom. The molecule has 3 heteroatoms. The summed E-state index contributed by atoms with van der Waals surface area (Å²) in [5, 5.41) is 0. The van der Waals surface area contributed by atoms with Gasteiger partial charge in [-0.3, -0.25) is 0 Å². The lowest BCUT2D eigenvalue weighted by molar-refractivity contribution is -0.123. The van der Waals surface area contributed by atoms with E-state index in [0.29, 0.717) is 5.56 Å². The Labute approximate surface area is 80.8 Å². The van der Waals surface area contributed by atoms with Crippen molar-refractivity contribution in [2.75, 3.05) is 0 Å². The number of hydrogen-bond acceptors (Lipinski definition) is 0. The molecular weight excluding hydrogens is 189 g/mol. The highest BCUT2D eigenvalue weighted by atomic mass is 19.4. The van der Waals surface area contributed by atoms with Crippen LogP contribution < -0.4 is 0 Å². The van der Waals surface area contributed by atoms with Crippen LogP contribution in [-0.4, -0.2) is 6.18 Å². The lowest BCUT2D eigenvalue weighted by Gasteiger charge is -1.98. The van der Waals surface area contributed by atoms with Crippen molar-refractivity contribution in [1.29, 1.82) is 0 Å². The third kappa shape index (κ3) is 3.53. The topological polar surface area (TPSA) is 0 Å². The van der Waals surface area contributed by atoms with E-state index in [1.807, 2.05) is 19.1 Å². The summed E-state index contributed by atoms with van der Waals surface area (Å²) in [6, 6.07) is 7.10. The Morgan fingerprint density at radius 2 is 1.86 bits per heavy atom. The van der Waals surface area contributed by atoms with Crippen LogP contribution >= 0.6 is 0 Å². The van der Waals surface area contributed by atoms with Crippen LogP contribution in [0.3, 0.4) is 0 Å². The molecule has 1 rings (SSSR count). The van der Waals surface area contributed by atoms with Gasteiger partial charge in [-0.1, -0.05) is 30.0 Å². The molecule has 0 aromatic heterocycles. The van der Waals surface area contributed by atoms with E-state index in [2.05, 4.69) is 11.8 Å². The van der Waals surface area contributed by atoms with Crippen molar-refractivity contribution < 1.29 is 13.2 Å². The first kappa shape index (κ1) is 10.6. The molecule has 0 unspecified atom stereocenters. The van der Waals surface area contributed by atoms with Gasteiger partial charge in [-0.15, -0.1) is 0 Å². The quantitative estimate of drug-likeness (QED) is 0.561. The van der Waals surface area contributed by atoms with Crippen molar-refractivity contribution in [3.8, 4) is 11.8 Å². The summed E-state index contributed by atoms with van der Waals surface area (Å²) < 4.78 is 35.3. The SMILES string of the molecule is Cc1ccccc1C#CCC(F)(F)F. The summed E-state index contributed by atoms with van der Waals surface area (Å²) in [6.45, 7) is 1.82. The molecule has 1 aromatic carbocycles. The maximum absolute atomic E-state index is 11.8. The zero-order valence-corrected chi connectivity index (χ0v) is 7.65. The second-order valence-electron chi connectivity index (χ2n) is 2.91. The standard InChI is InChI=1S/C11H9F3/c1-9-5-2-3-6-10(9)7-4-8-11(12,13)14/h2-3,5-6H,8H2,1H3. The average molecular weight is 198 g/mol. The van der Waals surface area contributed by atoms with Crippen LogP contribution in [0.5, 0.6) is 0 Å². The Bertz CT molecular complexity index is 366. The summed E-state index contributed by atoms with van der Waals surface area (Å²) in [5.41, 5.74) is 1.54. The number of halogens is 3. The molecule has 1 aromatic rings. The van der Waals surface area contributed by atoms with Gasteiger partial charge in [-0.05, 0) is 18.6 Å². The van der Waals surface area contributed by atoms with E-state index in [0.717, 1.165) is 5.56 Å². The van der Waals surface area contributed by atoms with Crippen molar-refractivity contribution in [3.63, 3.8) is 0 Å². The van der Waals surface area contributed by atoms with Gasteiger partial charge in [0.15, 0.2) is 0 Å². The number of benzene rings is 1. The fourth-order valence-corrected chi connectivity index (χ4v) is 0.953. The highest BCUT2D eigenvalue weighted by molar-refractivity contribution is 5.40. The average Bonchev–Trinajstić information content (AvgIpc) is 2.06. The summed E-state index contributed by atoms with van der Waals surface area (Å²) in [4.78, 5) is 0. The molecule has 0 aliphatic carbocycles. The van der Waals surface area contributed by atoms with Gasteiger partial charge < -0.3 is 0 Å². The van der Waals surface area contributed by atoms with E-state index >= 15 is 0 Å². The first-order valence-electron chi connectivity index (χ1n) is 4.10. The van der Waals surface area contributed by atoms with Gasteiger partial charge in [0.1, 0.15) is 6.42 Å². The zero-order chi connectivity index (χ0) is 10.6. The monoisotopic (exact) mass is 198 g/mol. The lowest BCUT2D eigenvalue weighted by atomic mass is 10.1. The summed E-state index contributed by atoms with van der Waals surface area (Å²) >= 11 is 0. The highest BCUT2D eigenvalue weighted by Gasteiger charge is 2.25. The van der Waals surface area contributed by atoms with Crippen molar-refractivity contribution in [3.05, 3.63) is 35.4 Å². The first-order valence-corrected chi connectivity index (χ1v) is 4.10. The van der Waals surface area contributed by atoms with Gasteiger partial charge in [-0.2, -0.15) is 13.2 Å². The van der Waals surface area contributed by atoms with Gasteiger partial charge in [-0.25, -0.2) is 0 Å². The molecule has 0 atom stereocenters. The second kappa shape index (κ2) is 4.19. The molecule has 0 bridgehead atoms. The van der Waals surface area contributed by atoms with Gasteiger partial charge >= 0.3 is 6.18 Å². The molecule has 0 aliphatic heterocycles. The molecule has 0 saturated carbocycles. The molecule has 0 nitrogen and oxygen atoms in total. The third-order valence-corrected chi connectivity index (χ3v) is 1.66. The van der Waals surface area contributed by atoms with Crippen LogP contribution in [0.15, 0.2) is 24.3 Å². The largest absolute Gasteiger partial charge is 0.399 e. The van der Waals surface area contributed by atoms with Crippen LogP contribution in [0.2, 0.25) is 0 Å².